The maximum Gasteiger partial charge on any atom is 0.156 e. The van der Waals surface area contributed by atoms with E-state index >= 15 is 0 Å². The number of halogens is 1. The highest BCUT2D eigenvalue weighted by atomic mass is 35.5. The fraction of sp³-hybridized carbons (Fsp3) is 0.273. The molecule has 2 aromatic rings. The Morgan fingerprint density at radius 2 is 2.07 bits per heavy atom. The van der Waals surface area contributed by atoms with Crippen molar-refractivity contribution < 1.29 is 0 Å². The molecule has 0 aliphatic heterocycles. The first-order valence-corrected chi connectivity index (χ1v) is 5.22. The van der Waals surface area contributed by atoms with Crippen LogP contribution in [0.25, 0.3) is 5.82 Å². The molecule has 15 heavy (non-hydrogen) atoms. The van der Waals surface area contributed by atoms with Crippen molar-refractivity contribution >= 4 is 11.6 Å². The van der Waals surface area contributed by atoms with E-state index in [9.17, 15) is 0 Å². The van der Waals surface area contributed by atoms with Crippen LogP contribution in [0.15, 0.2) is 30.7 Å². The molecule has 0 N–H and O–H groups in total. The summed E-state index contributed by atoms with van der Waals surface area (Å²) in [6.07, 6.45) is 5.37. The Hall–Kier alpha value is -1.35. The lowest BCUT2D eigenvalue weighted by atomic mass is 10.2. The molecular weight excluding hydrogens is 210 g/mol. The molecule has 4 heteroatoms. The van der Waals surface area contributed by atoms with Crippen molar-refractivity contribution in [3.63, 3.8) is 0 Å². The smallest absolute Gasteiger partial charge is 0.156 e. The van der Waals surface area contributed by atoms with E-state index in [1.54, 1.807) is 12.4 Å². The van der Waals surface area contributed by atoms with Gasteiger partial charge in [0.05, 0.1) is 5.02 Å². The highest BCUT2D eigenvalue weighted by molar-refractivity contribution is 6.32. The van der Waals surface area contributed by atoms with Crippen LogP contribution in [0.2, 0.25) is 5.02 Å². The molecule has 78 valence electrons. The molecule has 0 unspecified atom stereocenters. The van der Waals surface area contributed by atoms with E-state index < -0.39 is 0 Å². The zero-order valence-electron chi connectivity index (χ0n) is 8.68. The summed E-state index contributed by atoms with van der Waals surface area (Å²) < 4.78 is 1.92. The van der Waals surface area contributed by atoms with E-state index in [-0.39, 0.29) is 0 Å². The molecule has 0 aliphatic rings. The topological polar surface area (TPSA) is 30.7 Å². The van der Waals surface area contributed by atoms with Crippen molar-refractivity contribution in [3.8, 4) is 5.82 Å². The number of imidazole rings is 1. The number of rotatable bonds is 2. The summed E-state index contributed by atoms with van der Waals surface area (Å²) in [7, 11) is 0. The second kappa shape index (κ2) is 4.03. The third-order valence-corrected chi connectivity index (χ3v) is 2.45. The molecule has 0 aromatic carbocycles. The predicted octanol–water partition coefficient (Wildman–Crippen LogP) is 3.04. The quantitative estimate of drug-likeness (QED) is 0.781. The van der Waals surface area contributed by atoms with Crippen molar-refractivity contribution in [1.82, 2.24) is 14.5 Å². The molecule has 0 saturated heterocycles. The molecule has 0 saturated carbocycles. The first-order valence-electron chi connectivity index (χ1n) is 4.84. The molecule has 2 rings (SSSR count). The van der Waals surface area contributed by atoms with Gasteiger partial charge in [-0.2, -0.15) is 0 Å². The first-order chi connectivity index (χ1) is 7.20. The molecule has 0 aliphatic carbocycles. The second-order valence-electron chi connectivity index (χ2n) is 3.62. The van der Waals surface area contributed by atoms with Gasteiger partial charge < -0.3 is 0 Å². The Kier molecular flexibility index (Phi) is 2.73. The van der Waals surface area contributed by atoms with Gasteiger partial charge >= 0.3 is 0 Å². The van der Waals surface area contributed by atoms with E-state index in [4.69, 9.17) is 11.6 Å². The fourth-order valence-corrected chi connectivity index (χ4v) is 1.69. The maximum atomic E-state index is 6.08. The summed E-state index contributed by atoms with van der Waals surface area (Å²) in [5.41, 5.74) is 0. The largest absolute Gasteiger partial charge is 0.286 e. The molecular formula is C11H12ClN3. The SMILES string of the molecule is CC(C)c1nccn1-c1ncccc1Cl. The van der Waals surface area contributed by atoms with E-state index in [2.05, 4.69) is 23.8 Å². The van der Waals surface area contributed by atoms with Crippen LogP contribution >= 0.6 is 11.6 Å². The predicted molar refractivity (Wildman–Crippen MR) is 60.5 cm³/mol. The lowest BCUT2D eigenvalue weighted by molar-refractivity contribution is 0.744. The molecule has 2 heterocycles. The first kappa shape index (κ1) is 10.2. The minimum Gasteiger partial charge on any atom is -0.286 e. The number of hydrogen-bond donors (Lipinski definition) is 0. The van der Waals surface area contributed by atoms with Crippen molar-refractivity contribution in [3.05, 3.63) is 41.6 Å². The molecule has 3 nitrogen and oxygen atoms in total. The van der Waals surface area contributed by atoms with Crippen LogP contribution in [-0.2, 0) is 0 Å². The van der Waals surface area contributed by atoms with Gasteiger partial charge in [0.1, 0.15) is 5.82 Å². The van der Waals surface area contributed by atoms with Gasteiger partial charge in [-0.15, -0.1) is 0 Å². The number of hydrogen-bond acceptors (Lipinski definition) is 2. The Bertz CT molecular complexity index is 462. The zero-order chi connectivity index (χ0) is 10.8. The van der Waals surface area contributed by atoms with Gasteiger partial charge in [0.2, 0.25) is 0 Å². The van der Waals surface area contributed by atoms with Gasteiger partial charge in [0, 0.05) is 24.5 Å². The third kappa shape index (κ3) is 1.88. The van der Waals surface area contributed by atoms with Crippen LogP contribution in [0.1, 0.15) is 25.6 Å². The molecule has 2 aromatic heterocycles. The molecule has 0 atom stereocenters. The van der Waals surface area contributed by atoms with Gasteiger partial charge in [0.25, 0.3) is 0 Å². The van der Waals surface area contributed by atoms with Crippen LogP contribution in [0.3, 0.4) is 0 Å². The highest BCUT2D eigenvalue weighted by Crippen LogP contribution is 2.21. The van der Waals surface area contributed by atoms with Crippen LogP contribution < -0.4 is 0 Å². The summed E-state index contributed by atoms with van der Waals surface area (Å²) in [5.74, 6) is 2.05. The van der Waals surface area contributed by atoms with Crippen molar-refractivity contribution in [1.29, 1.82) is 0 Å². The van der Waals surface area contributed by atoms with Gasteiger partial charge in [0.15, 0.2) is 5.82 Å². The molecule has 0 amide bonds. The molecule has 0 radical (unpaired) electrons. The molecule has 0 bridgehead atoms. The number of nitrogens with zero attached hydrogens (tertiary/aromatic N) is 3. The Morgan fingerprint density at radius 1 is 1.27 bits per heavy atom. The zero-order valence-corrected chi connectivity index (χ0v) is 9.44. The van der Waals surface area contributed by atoms with Gasteiger partial charge in [-0.25, -0.2) is 9.97 Å². The maximum absolute atomic E-state index is 6.08. The Morgan fingerprint density at radius 3 is 2.73 bits per heavy atom. The lowest BCUT2D eigenvalue weighted by Gasteiger charge is -2.10. The van der Waals surface area contributed by atoms with Crippen molar-refractivity contribution in [2.45, 2.75) is 19.8 Å². The van der Waals surface area contributed by atoms with Crippen molar-refractivity contribution in [2.24, 2.45) is 0 Å². The van der Waals surface area contributed by atoms with E-state index in [0.29, 0.717) is 10.9 Å². The van der Waals surface area contributed by atoms with E-state index in [1.807, 2.05) is 22.9 Å². The summed E-state index contributed by atoms with van der Waals surface area (Å²) in [6.45, 7) is 4.19. The fourth-order valence-electron chi connectivity index (χ4n) is 1.48. The van der Waals surface area contributed by atoms with E-state index in [0.717, 1.165) is 11.6 Å². The summed E-state index contributed by atoms with van der Waals surface area (Å²) in [5, 5.41) is 0.636. The van der Waals surface area contributed by atoms with Crippen LogP contribution in [0, 0.1) is 0 Å². The second-order valence-corrected chi connectivity index (χ2v) is 4.03. The Balaban J connectivity index is 2.55. The van der Waals surface area contributed by atoms with Crippen molar-refractivity contribution in [2.75, 3.05) is 0 Å². The van der Waals surface area contributed by atoms with E-state index in [1.165, 1.54) is 0 Å². The lowest BCUT2D eigenvalue weighted by Crippen LogP contribution is -2.04. The standard InChI is InChI=1S/C11H12ClN3/c1-8(2)10-14-6-7-15(10)11-9(12)4-3-5-13-11/h3-8H,1-2H3. The Labute approximate surface area is 93.7 Å². The average Bonchev–Trinajstić information content (AvgIpc) is 2.67. The minimum atomic E-state index is 0.345. The monoisotopic (exact) mass is 221 g/mol. The summed E-state index contributed by atoms with van der Waals surface area (Å²) in [6, 6.07) is 3.64. The van der Waals surface area contributed by atoms with Gasteiger partial charge in [-0.1, -0.05) is 25.4 Å². The number of pyridine rings is 1. The van der Waals surface area contributed by atoms with Crippen LogP contribution in [0.4, 0.5) is 0 Å². The third-order valence-electron chi connectivity index (χ3n) is 2.15. The molecule has 0 spiro atoms. The summed E-state index contributed by atoms with van der Waals surface area (Å²) >= 11 is 6.08. The van der Waals surface area contributed by atoms with Gasteiger partial charge in [-0.05, 0) is 12.1 Å². The normalized spacial score (nSPS) is 10.9. The van der Waals surface area contributed by atoms with Gasteiger partial charge in [-0.3, -0.25) is 4.57 Å². The number of aromatic nitrogens is 3. The van der Waals surface area contributed by atoms with Crippen LogP contribution in [0.5, 0.6) is 0 Å². The van der Waals surface area contributed by atoms with Crippen LogP contribution in [-0.4, -0.2) is 14.5 Å². The summed E-state index contributed by atoms with van der Waals surface area (Å²) in [4.78, 5) is 8.55. The molecule has 0 fully saturated rings. The average molecular weight is 222 g/mol. The minimum absolute atomic E-state index is 0.345. The highest BCUT2D eigenvalue weighted by Gasteiger charge is 2.11.